The highest BCUT2D eigenvalue weighted by Crippen LogP contribution is 2.64. The van der Waals surface area contributed by atoms with E-state index in [0.717, 1.165) is 22.7 Å². The van der Waals surface area contributed by atoms with E-state index in [4.69, 9.17) is 0 Å². The van der Waals surface area contributed by atoms with Gasteiger partial charge in [-0.2, -0.15) is 0 Å². The van der Waals surface area contributed by atoms with Gasteiger partial charge in [0.1, 0.15) is 0 Å². The molecule has 0 fully saturated rings. The Kier molecular flexibility index (Phi) is 6.29. The third-order valence-electron chi connectivity index (χ3n) is 12.2. The summed E-state index contributed by atoms with van der Waals surface area (Å²) in [5, 5.41) is 5.05. The number of nitrogens with zero attached hydrogens (tertiary/aromatic N) is 2. The number of para-hydroxylation sites is 3. The molecule has 2 nitrogen and oxygen atoms in total. The number of hydrogen-bond acceptors (Lipinski definition) is 1. The first-order chi connectivity index (χ1) is 27.3. The maximum atomic E-state index is 2.49. The molecule has 1 unspecified atom stereocenters. The zero-order valence-corrected chi connectivity index (χ0v) is 30.0. The molecular formula is C53H34N2. The molecule has 0 saturated heterocycles. The minimum Gasteiger partial charge on any atom is -0.310 e. The maximum Gasteiger partial charge on any atom is 0.0726 e. The monoisotopic (exact) mass is 698 g/mol. The molecule has 12 rings (SSSR count). The molecule has 1 spiro atoms. The summed E-state index contributed by atoms with van der Waals surface area (Å²) in [5.41, 5.74) is 17.2. The van der Waals surface area contributed by atoms with Crippen molar-refractivity contribution >= 4 is 49.6 Å². The van der Waals surface area contributed by atoms with Crippen LogP contribution < -0.4 is 4.90 Å². The summed E-state index contributed by atoms with van der Waals surface area (Å²) in [4.78, 5) is 2.44. The second kappa shape index (κ2) is 11.4. The molecule has 10 aromatic rings. The molecule has 2 heteroatoms. The van der Waals surface area contributed by atoms with E-state index in [9.17, 15) is 0 Å². The van der Waals surface area contributed by atoms with E-state index in [1.165, 1.54) is 77.1 Å². The molecule has 2 aliphatic rings. The van der Waals surface area contributed by atoms with Crippen molar-refractivity contribution in [1.29, 1.82) is 0 Å². The Hall–Kier alpha value is -7.16. The molecule has 9 aromatic carbocycles. The number of fused-ring (bicyclic) bond motifs is 15. The van der Waals surface area contributed by atoms with Crippen molar-refractivity contribution in [3.05, 3.63) is 229 Å². The standard InChI is InChI=1S/C53H34N2/c1-3-16-36(17-4-1)54(38-29-32-51-45(33-38)43-22-11-14-26-50(43)55(51)37-18-5-2-6-19-37)39-28-30-42-41-21-9-12-24-46(41)53(49(42)34-39)47-25-13-10-23-44(47)52-40-20-8-7-15-35(40)27-31-48(52)53/h1-34H. The Labute approximate surface area is 319 Å². The van der Waals surface area contributed by atoms with Gasteiger partial charge < -0.3 is 9.47 Å². The normalized spacial score (nSPS) is 15.0. The molecule has 0 saturated carbocycles. The van der Waals surface area contributed by atoms with E-state index < -0.39 is 5.41 Å². The number of benzene rings is 9. The van der Waals surface area contributed by atoms with Gasteiger partial charge in [0.25, 0.3) is 0 Å². The Morgan fingerprint density at radius 2 is 0.945 bits per heavy atom. The molecule has 0 radical (unpaired) electrons. The van der Waals surface area contributed by atoms with Crippen molar-refractivity contribution in [2.24, 2.45) is 0 Å². The van der Waals surface area contributed by atoms with Crippen LogP contribution in [-0.4, -0.2) is 4.57 Å². The average molecular weight is 699 g/mol. The first kappa shape index (κ1) is 30.3. The van der Waals surface area contributed by atoms with Crippen LogP contribution in [0.15, 0.2) is 206 Å². The smallest absolute Gasteiger partial charge is 0.0726 e. The average Bonchev–Trinajstić information content (AvgIpc) is 3.86. The second-order valence-corrected chi connectivity index (χ2v) is 14.8. The molecule has 1 atom stereocenters. The zero-order chi connectivity index (χ0) is 36.1. The van der Waals surface area contributed by atoms with Crippen molar-refractivity contribution in [1.82, 2.24) is 4.57 Å². The lowest BCUT2D eigenvalue weighted by atomic mass is 9.70. The van der Waals surface area contributed by atoms with Crippen molar-refractivity contribution in [3.8, 4) is 27.9 Å². The first-order valence-electron chi connectivity index (χ1n) is 19.1. The van der Waals surface area contributed by atoms with Gasteiger partial charge >= 0.3 is 0 Å². The van der Waals surface area contributed by atoms with Gasteiger partial charge in [-0.05, 0) is 116 Å². The quantitative estimate of drug-likeness (QED) is 0.178. The lowest BCUT2D eigenvalue weighted by Crippen LogP contribution is -2.26. The molecule has 256 valence electrons. The summed E-state index contributed by atoms with van der Waals surface area (Å²) in [6.45, 7) is 0. The van der Waals surface area contributed by atoms with Crippen LogP contribution in [0.2, 0.25) is 0 Å². The molecule has 1 aromatic heterocycles. The van der Waals surface area contributed by atoms with Gasteiger partial charge in [0.15, 0.2) is 0 Å². The fraction of sp³-hybridized carbons (Fsp3) is 0.0189. The van der Waals surface area contributed by atoms with Crippen molar-refractivity contribution in [3.63, 3.8) is 0 Å². The van der Waals surface area contributed by atoms with Crippen molar-refractivity contribution < 1.29 is 0 Å². The summed E-state index contributed by atoms with van der Waals surface area (Å²) in [6, 6.07) is 76.2. The van der Waals surface area contributed by atoms with Gasteiger partial charge in [0, 0.05) is 33.5 Å². The van der Waals surface area contributed by atoms with Gasteiger partial charge in [0.2, 0.25) is 0 Å². The van der Waals surface area contributed by atoms with Crippen LogP contribution in [-0.2, 0) is 5.41 Å². The van der Waals surface area contributed by atoms with Crippen LogP contribution in [0.25, 0.3) is 60.5 Å². The summed E-state index contributed by atoms with van der Waals surface area (Å²) >= 11 is 0. The highest BCUT2D eigenvalue weighted by Gasteiger charge is 2.52. The van der Waals surface area contributed by atoms with Gasteiger partial charge in [0.05, 0.1) is 16.4 Å². The summed E-state index contributed by atoms with van der Waals surface area (Å²) in [7, 11) is 0. The SMILES string of the molecule is c1ccc(N(c2ccc3c(c2)C2(c4ccccc4-3)c3ccccc3-c3c2ccc2ccccc32)c2ccc3c(c2)c2ccccc2n3-c2ccccc2)cc1. The van der Waals surface area contributed by atoms with Gasteiger partial charge in [-0.3, -0.25) is 0 Å². The molecular weight excluding hydrogens is 665 g/mol. The van der Waals surface area contributed by atoms with Crippen LogP contribution in [0.4, 0.5) is 17.1 Å². The Bertz CT molecular complexity index is 3160. The maximum absolute atomic E-state index is 2.49. The molecule has 1 heterocycles. The van der Waals surface area contributed by atoms with Crippen LogP contribution in [0.3, 0.4) is 0 Å². The summed E-state index contributed by atoms with van der Waals surface area (Å²) < 4.78 is 2.39. The Balaban J connectivity index is 1.13. The highest BCUT2D eigenvalue weighted by molar-refractivity contribution is 6.11. The minimum atomic E-state index is -0.451. The molecule has 2 aliphatic carbocycles. The molecule has 0 amide bonds. The minimum absolute atomic E-state index is 0.451. The van der Waals surface area contributed by atoms with Crippen molar-refractivity contribution in [2.75, 3.05) is 4.90 Å². The van der Waals surface area contributed by atoms with Gasteiger partial charge in [-0.25, -0.2) is 0 Å². The molecule has 0 aliphatic heterocycles. The number of aromatic nitrogens is 1. The molecule has 0 N–H and O–H groups in total. The molecule has 55 heavy (non-hydrogen) atoms. The largest absolute Gasteiger partial charge is 0.310 e. The van der Waals surface area contributed by atoms with Gasteiger partial charge in [-0.15, -0.1) is 0 Å². The fourth-order valence-corrected chi connectivity index (χ4v) is 10.0. The van der Waals surface area contributed by atoms with E-state index in [2.05, 4.69) is 216 Å². The number of rotatable bonds is 4. The molecule has 0 bridgehead atoms. The predicted molar refractivity (Wildman–Crippen MR) is 229 cm³/mol. The first-order valence-corrected chi connectivity index (χ1v) is 19.1. The third-order valence-corrected chi connectivity index (χ3v) is 12.2. The van der Waals surface area contributed by atoms with Crippen molar-refractivity contribution in [2.45, 2.75) is 5.41 Å². The topological polar surface area (TPSA) is 8.17 Å². The van der Waals surface area contributed by atoms with E-state index in [1.807, 2.05) is 0 Å². The van der Waals surface area contributed by atoms with Crippen LogP contribution in [0.1, 0.15) is 22.3 Å². The fourth-order valence-electron chi connectivity index (χ4n) is 10.0. The van der Waals surface area contributed by atoms with Crippen LogP contribution in [0, 0.1) is 0 Å². The predicted octanol–water partition coefficient (Wildman–Crippen LogP) is 13.8. The van der Waals surface area contributed by atoms with E-state index in [-0.39, 0.29) is 0 Å². The lowest BCUT2D eigenvalue weighted by Gasteiger charge is -2.32. The summed E-state index contributed by atoms with van der Waals surface area (Å²) in [6.07, 6.45) is 0. The second-order valence-electron chi connectivity index (χ2n) is 14.8. The third kappa shape index (κ3) is 4.08. The Morgan fingerprint density at radius 1 is 0.345 bits per heavy atom. The van der Waals surface area contributed by atoms with E-state index >= 15 is 0 Å². The van der Waals surface area contributed by atoms with Crippen LogP contribution in [0.5, 0.6) is 0 Å². The van der Waals surface area contributed by atoms with E-state index in [1.54, 1.807) is 0 Å². The summed E-state index contributed by atoms with van der Waals surface area (Å²) in [5.74, 6) is 0. The van der Waals surface area contributed by atoms with E-state index in [0.29, 0.717) is 0 Å². The van der Waals surface area contributed by atoms with Gasteiger partial charge in [-0.1, -0.05) is 146 Å². The highest BCUT2D eigenvalue weighted by atomic mass is 15.1. The Morgan fingerprint density at radius 3 is 1.78 bits per heavy atom. The zero-order valence-electron chi connectivity index (χ0n) is 30.0. The number of hydrogen-bond donors (Lipinski definition) is 0. The number of anilines is 3. The lowest BCUT2D eigenvalue weighted by molar-refractivity contribution is 0.794. The van der Waals surface area contributed by atoms with Crippen LogP contribution >= 0.6 is 0 Å².